The number of ether oxygens (including phenoxy) is 1. The predicted molar refractivity (Wildman–Crippen MR) is 120 cm³/mol. The number of likely N-dealkylation sites (tertiary alicyclic amines) is 1. The topological polar surface area (TPSA) is 89.3 Å². The Kier molecular flexibility index (Phi) is 5.07. The molecule has 32 heavy (non-hydrogen) atoms. The molecule has 5 rings (SSSR count). The van der Waals surface area contributed by atoms with Gasteiger partial charge in [-0.15, -0.1) is 0 Å². The van der Waals surface area contributed by atoms with Crippen LogP contribution in [0.15, 0.2) is 30.3 Å². The van der Waals surface area contributed by atoms with E-state index in [1.807, 2.05) is 30.1 Å². The fourth-order valence-corrected chi connectivity index (χ4v) is 4.70. The normalized spacial score (nSPS) is 18.2. The highest BCUT2D eigenvalue weighted by molar-refractivity contribution is 6.07. The zero-order chi connectivity index (χ0) is 22.4. The molecule has 2 aromatic heterocycles. The van der Waals surface area contributed by atoms with Gasteiger partial charge >= 0.3 is 0 Å². The van der Waals surface area contributed by atoms with Crippen molar-refractivity contribution in [3.63, 3.8) is 0 Å². The fourth-order valence-electron chi connectivity index (χ4n) is 4.70. The smallest absolute Gasteiger partial charge is 0.258 e. The van der Waals surface area contributed by atoms with Crippen molar-refractivity contribution in [1.82, 2.24) is 25.0 Å². The summed E-state index contributed by atoms with van der Waals surface area (Å²) in [5, 5.41) is 8.29. The summed E-state index contributed by atoms with van der Waals surface area (Å²) in [5.74, 6) is 0.717. The maximum atomic E-state index is 13.5. The molecule has 0 spiro atoms. The molecule has 2 fully saturated rings. The quantitative estimate of drug-likeness (QED) is 0.668. The van der Waals surface area contributed by atoms with E-state index < -0.39 is 0 Å². The predicted octanol–water partition coefficient (Wildman–Crippen LogP) is 3.19. The minimum atomic E-state index is -0.229. The minimum absolute atomic E-state index is 0.0900. The summed E-state index contributed by atoms with van der Waals surface area (Å²) in [7, 11) is 5.05. The van der Waals surface area contributed by atoms with Gasteiger partial charge in [0.15, 0.2) is 5.65 Å². The average molecular weight is 434 g/mol. The third-order valence-corrected chi connectivity index (χ3v) is 6.47. The van der Waals surface area contributed by atoms with E-state index in [1.54, 1.807) is 31.0 Å². The Labute approximate surface area is 186 Å². The van der Waals surface area contributed by atoms with Gasteiger partial charge in [-0.05, 0) is 43.9 Å². The van der Waals surface area contributed by atoms with E-state index in [-0.39, 0.29) is 17.9 Å². The molecule has 0 radical (unpaired) electrons. The van der Waals surface area contributed by atoms with Crippen molar-refractivity contribution in [1.29, 1.82) is 0 Å². The largest absolute Gasteiger partial charge is 0.496 e. The molecule has 2 aliphatic rings. The van der Waals surface area contributed by atoms with Gasteiger partial charge in [-0.25, -0.2) is 4.98 Å². The maximum Gasteiger partial charge on any atom is 0.258 e. The second-order valence-electron chi connectivity index (χ2n) is 8.51. The van der Waals surface area contributed by atoms with Crippen LogP contribution in [0.25, 0.3) is 11.0 Å². The molecule has 1 unspecified atom stereocenters. The first-order valence-corrected chi connectivity index (χ1v) is 11.1. The Hall–Kier alpha value is -3.42. The van der Waals surface area contributed by atoms with Crippen LogP contribution in [0.4, 0.5) is 0 Å². The van der Waals surface area contributed by atoms with E-state index >= 15 is 0 Å². The average Bonchev–Trinajstić information content (AvgIpc) is 3.47. The van der Waals surface area contributed by atoms with E-state index in [0.717, 1.165) is 42.5 Å². The summed E-state index contributed by atoms with van der Waals surface area (Å²) in [6.07, 6.45) is 3.84. The summed E-state index contributed by atoms with van der Waals surface area (Å²) in [4.78, 5) is 33.1. The number of carbonyl (C=O) groups is 2. The number of methoxy groups -OCH3 is 1. The number of hydrogen-bond donors (Lipinski definition) is 1. The lowest BCUT2D eigenvalue weighted by molar-refractivity contribution is 0.0730. The van der Waals surface area contributed by atoms with Gasteiger partial charge in [-0.2, -0.15) is 5.10 Å². The summed E-state index contributed by atoms with van der Waals surface area (Å²) < 4.78 is 7.16. The number of pyridine rings is 1. The number of carbonyl (C=O) groups excluding carboxylic acids is 2. The SMILES string of the molecule is CNC(=O)c1cc(C2CC2)nc2c1c(C1CCCN1C(=O)c1ccccc1OC)nn2C. The van der Waals surface area contributed by atoms with E-state index in [1.165, 1.54) is 0 Å². The van der Waals surface area contributed by atoms with Gasteiger partial charge in [0.05, 0.1) is 35.4 Å². The van der Waals surface area contributed by atoms with Crippen LogP contribution in [0, 0.1) is 0 Å². The third-order valence-electron chi connectivity index (χ3n) is 6.47. The van der Waals surface area contributed by atoms with Crippen molar-refractivity contribution < 1.29 is 14.3 Å². The molecule has 1 N–H and O–H groups in total. The zero-order valence-electron chi connectivity index (χ0n) is 18.6. The first kappa shape index (κ1) is 20.5. The molecule has 1 saturated heterocycles. The van der Waals surface area contributed by atoms with Crippen LogP contribution in [0.5, 0.6) is 5.75 Å². The summed E-state index contributed by atoms with van der Waals surface area (Å²) >= 11 is 0. The molecule has 8 heteroatoms. The summed E-state index contributed by atoms with van der Waals surface area (Å²) in [6, 6.07) is 8.94. The second-order valence-corrected chi connectivity index (χ2v) is 8.51. The Morgan fingerprint density at radius 2 is 1.94 bits per heavy atom. The number of nitrogens with one attached hydrogen (secondary N) is 1. The van der Waals surface area contributed by atoms with Crippen LogP contribution in [0.2, 0.25) is 0 Å². The molecular weight excluding hydrogens is 406 g/mol. The molecule has 1 aliphatic heterocycles. The molecule has 1 saturated carbocycles. The number of para-hydroxylation sites is 1. The highest BCUT2D eigenvalue weighted by Crippen LogP contribution is 2.42. The Balaban J connectivity index is 1.62. The molecule has 0 bridgehead atoms. The number of fused-ring (bicyclic) bond motifs is 1. The van der Waals surface area contributed by atoms with Crippen molar-refractivity contribution >= 4 is 22.8 Å². The van der Waals surface area contributed by atoms with E-state index in [9.17, 15) is 9.59 Å². The molecule has 1 aliphatic carbocycles. The number of benzene rings is 1. The molecule has 166 valence electrons. The first-order valence-electron chi connectivity index (χ1n) is 11.1. The van der Waals surface area contributed by atoms with Crippen molar-refractivity contribution in [2.75, 3.05) is 20.7 Å². The van der Waals surface area contributed by atoms with E-state index in [0.29, 0.717) is 35.0 Å². The van der Waals surface area contributed by atoms with Crippen molar-refractivity contribution in [3.8, 4) is 5.75 Å². The molecular formula is C24H27N5O3. The number of aryl methyl sites for hydroxylation is 1. The van der Waals surface area contributed by atoms with Crippen molar-refractivity contribution in [2.24, 2.45) is 7.05 Å². The zero-order valence-corrected chi connectivity index (χ0v) is 18.6. The summed E-state index contributed by atoms with van der Waals surface area (Å²) in [6.45, 7) is 0.627. The van der Waals surface area contributed by atoms with Gasteiger partial charge in [-0.1, -0.05) is 12.1 Å². The number of hydrogen-bond acceptors (Lipinski definition) is 5. The van der Waals surface area contributed by atoms with Gasteiger partial charge < -0.3 is 15.0 Å². The Morgan fingerprint density at radius 3 is 2.66 bits per heavy atom. The van der Waals surface area contributed by atoms with Gasteiger partial charge in [0.25, 0.3) is 11.8 Å². The van der Waals surface area contributed by atoms with Gasteiger partial charge in [-0.3, -0.25) is 14.3 Å². The summed E-state index contributed by atoms with van der Waals surface area (Å²) in [5.41, 5.74) is 3.48. The second kappa shape index (κ2) is 7.93. The highest BCUT2D eigenvalue weighted by atomic mass is 16.5. The number of amides is 2. The lowest BCUT2D eigenvalue weighted by Gasteiger charge is -2.25. The van der Waals surface area contributed by atoms with Crippen molar-refractivity contribution in [3.05, 3.63) is 52.8 Å². The third kappa shape index (κ3) is 3.30. The molecule has 1 aromatic carbocycles. The van der Waals surface area contributed by atoms with Crippen LogP contribution in [-0.4, -0.2) is 52.2 Å². The molecule has 3 heterocycles. The van der Waals surface area contributed by atoms with Crippen LogP contribution in [-0.2, 0) is 7.05 Å². The van der Waals surface area contributed by atoms with Gasteiger partial charge in [0, 0.05) is 32.3 Å². The first-order chi connectivity index (χ1) is 15.5. The van der Waals surface area contributed by atoms with Crippen molar-refractivity contribution in [2.45, 2.75) is 37.6 Å². The monoisotopic (exact) mass is 433 g/mol. The number of aromatic nitrogens is 3. The minimum Gasteiger partial charge on any atom is -0.496 e. The van der Waals surface area contributed by atoms with Gasteiger partial charge in [0.1, 0.15) is 5.75 Å². The van der Waals surface area contributed by atoms with Crippen LogP contribution in [0.1, 0.15) is 69.7 Å². The van der Waals surface area contributed by atoms with E-state index in [4.69, 9.17) is 14.8 Å². The Bertz CT molecular complexity index is 1210. The lowest BCUT2D eigenvalue weighted by atomic mass is 10.0. The van der Waals surface area contributed by atoms with Crippen LogP contribution in [0.3, 0.4) is 0 Å². The van der Waals surface area contributed by atoms with Gasteiger partial charge in [0.2, 0.25) is 0 Å². The van der Waals surface area contributed by atoms with Crippen LogP contribution >= 0.6 is 0 Å². The fraction of sp³-hybridized carbons (Fsp3) is 0.417. The highest BCUT2D eigenvalue weighted by Gasteiger charge is 2.37. The van der Waals surface area contributed by atoms with E-state index in [2.05, 4.69) is 5.32 Å². The number of rotatable bonds is 5. The Morgan fingerprint density at radius 1 is 1.16 bits per heavy atom. The number of nitrogens with zero attached hydrogens (tertiary/aromatic N) is 4. The maximum absolute atomic E-state index is 13.5. The molecule has 2 amide bonds. The molecule has 1 atom stereocenters. The molecule has 8 nitrogen and oxygen atoms in total. The standard InChI is InChI=1S/C24H27N5O3/c1-25-23(30)16-13-17(14-10-11-14)26-22-20(16)21(27-28(22)2)18-8-6-12-29(18)24(31)15-7-4-5-9-19(15)32-3/h4-5,7,9,13-14,18H,6,8,10-12H2,1-3H3,(H,25,30). The molecule has 3 aromatic rings. The lowest BCUT2D eigenvalue weighted by Crippen LogP contribution is -2.31. The van der Waals surface area contributed by atoms with Crippen LogP contribution < -0.4 is 10.1 Å².